The van der Waals surface area contributed by atoms with Crippen molar-refractivity contribution >= 4 is 53.2 Å². The first-order chi connectivity index (χ1) is 16.4. The minimum atomic E-state index is 1.04. The van der Waals surface area contributed by atoms with E-state index in [2.05, 4.69) is 115 Å². The molecular formula is C31H19NS. The summed E-state index contributed by atoms with van der Waals surface area (Å²) in [6.45, 7) is 0. The van der Waals surface area contributed by atoms with Gasteiger partial charge in [-0.25, -0.2) is 4.98 Å². The van der Waals surface area contributed by atoms with Crippen LogP contribution in [0.3, 0.4) is 0 Å². The van der Waals surface area contributed by atoms with Gasteiger partial charge in [-0.05, 0) is 23.8 Å². The van der Waals surface area contributed by atoms with Crippen molar-refractivity contribution in [2.45, 2.75) is 0 Å². The predicted octanol–water partition coefficient (Wildman–Crippen LogP) is 9.09. The van der Waals surface area contributed by atoms with E-state index in [9.17, 15) is 0 Å². The Morgan fingerprint density at radius 2 is 1.15 bits per heavy atom. The molecule has 0 bridgehead atoms. The highest BCUT2D eigenvalue weighted by atomic mass is 32.1. The van der Waals surface area contributed by atoms with Gasteiger partial charge in [0, 0.05) is 47.5 Å². The van der Waals surface area contributed by atoms with Gasteiger partial charge in [0.2, 0.25) is 0 Å². The van der Waals surface area contributed by atoms with Crippen molar-refractivity contribution < 1.29 is 0 Å². The number of nitrogens with zero attached hydrogens (tertiary/aromatic N) is 1. The fourth-order valence-electron chi connectivity index (χ4n) is 4.98. The van der Waals surface area contributed by atoms with E-state index < -0.39 is 0 Å². The molecule has 154 valence electrons. The molecule has 7 rings (SSSR count). The van der Waals surface area contributed by atoms with Gasteiger partial charge in [-0.15, -0.1) is 11.3 Å². The summed E-state index contributed by atoms with van der Waals surface area (Å²) in [6, 6.07) is 41.0. The molecule has 2 aromatic heterocycles. The van der Waals surface area contributed by atoms with Crippen LogP contribution in [-0.2, 0) is 0 Å². The summed E-state index contributed by atoms with van der Waals surface area (Å²) in [6.07, 6.45) is 0. The van der Waals surface area contributed by atoms with Crippen LogP contribution in [0.5, 0.6) is 0 Å². The number of pyridine rings is 1. The lowest BCUT2D eigenvalue weighted by Gasteiger charge is -2.14. The number of para-hydroxylation sites is 1. The molecule has 0 saturated carbocycles. The van der Waals surface area contributed by atoms with Crippen molar-refractivity contribution in [3.05, 3.63) is 115 Å². The first kappa shape index (κ1) is 18.6. The second-order valence-electron chi connectivity index (χ2n) is 8.36. The Bertz CT molecular complexity index is 1760. The molecular weight excluding hydrogens is 418 g/mol. The Balaban J connectivity index is 1.79. The zero-order valence-electron chi connectivity index (χ0n) is 17.8. The number of aromatic nitrogens is 1. The lowest BCUT2D eigenvalue weighted by molar-refractivity contribution is 1.43. The third-order valence-electron chi connectivity index (χ3n) is 6.44. The summed E-state index contributed by atoms with van der Waals surface area (Å²) >= 11 is 1.89. The average Bonchev–Trinajstić information content (AvgIpc) is 3.28. The van der Waals surface area contributed by atoms with Gasteiger partial charge in [-0.3, -0.25) is 0 Å². The fourth-order valence-corrected chi connectivity index (χ4v) is 6.23. The third kappa shape index (κ3) is 2.81. The van der Waals surface area contributed by atoms with Crippen LogP contribution in [0.2, 0.25) is 0 Å². The molecule has 2 heteroatoms. The van der Waals surface area contributed by atoms with E-state index in [1.54, 1.807) is 0 Å². The van der Waals surface area contributed by atoms with Crippen molar-refractivity contribution in [2.24, 2.45) is 0 Å². The number of fused-ring (bicyclic) bond motifs is 7. The van der Waals surface area contributed by atoms with E-state index in [0.29, 0.717) is 0 Å². The molecule has 0 aliphatic rings. The molecule has 0 unspecified atom stereocenters. The number of thiophene rings is 1. The summed E-state index contributed by atoms with van der Waals surface area (Å²) in [5.74, 6) is 0. The lowest BCUT2D eigenvalue weighted by atomic mass is 9.92. The van der Waals surface area contributed by atoms with E-state index >= 15 is 0 Å². The topological polar surface area (TPSA) is 12.9 Å². The minimum absolute atomic E-state index is 1.04. The molecule has 7 aromatic rings. The second kappa shape index (κ2) is 7.26. The molecule has 5 aromatic carbocycles. The van der Waals surface area contributed by atoms with Crippen molar-refractivity contribution in [1.29, 1.82) is 0 Å². The summed E-state index contributed by atoms with van der Waals surface area (Å²) < 4.78 is 2.66. The van der Waals surface area contributed by atoms with E-state index in [-0.39, 0.29) is 0 Å². The zero-order chi connectivity index (χ0) is 21.8. The molecule has 0 aliphatic heterocycles. The highest BCUT2D eigenvalue weighted by Gasteiger charge is 2.19. The Morgan fingerprint density at radius 3 is 1.94 bits per heavy atom. The Labute approximate surface area is 195 Å². The zero-order valence-corrected chi connectivity index (χ0v) is 18.6. The van der Waals surface area contributed by atoms with Crippen LogP contribution < -0.4 is 0 Å². The molecule has 0 radical (unpaired) electrons. The maximum absolute atomic E-state index is 5.18. The number of hydrogen-bond acceptors (Lipinski definition) is 2. The summed E-state index contributed by atoms with van der Waals surface area (Å²) in [5.41, 5.74) is 5.73. The summed E-state index contributed by atoms with van der Waals surface area (Å²) in [4.78, 5) is 5.18. The normalized spacial score (nSPS) is 11.6. The van der Waals surface area contributed by atoms with Crippen molar-refractivity contribution in [2.75, 3.05) is 0 Å². The Morgan fingerprint density at radius 1 is 0.515 bits per heavy atom. The van der Waals surface area contributed by atoms with Gasteiger partial charge in [-0.1, -0.05) is 97.1 Å². The molecule has 2 heterocycles. The molecule has 33 heavy (non-hydrogen) atoms. The van der Waals surface area contributed by atoms with E-state index in [0.717, 1.165) is 16.8 Å². The molecule has 0 spiro atoms. The van der Waals surface area contributed by atoms with E-state index in [1.165, 1.54) is 47.5 Å². The van der Waals surface area contributed by atoms with E-state index in [4.69, 9.17) is 4.98 Å². The Kier molecular flexibility index (Phi) is 4.08. The number of hydrogen-bond donors (Lipinski definition) is 0. The SMILES string of the molecule is c1ccc(-c2nc3ccccc3c3c2cc(-c2ccccc2)c2sc4ccccc4c23)cc1. The standard InChI is InChI=1S/C31H19NS/c1-3-11-20(12-4-1)24-19-25-28(29-23-16-8-10-18-27(23)33-31(24)29)22-15-7-9-17-26(22)32-30(25)21-13-5-2-6-14-21/h1-19H. The van der Waals surface area contributed by atoms with Gasteiger partial charge in [0.1, 0.15) is 0 Å². The summed E-state index contributed by atoms with van der Waals surface area (Å²) in [7, 11) is 0. The molecule has 0 amide bonds. The molecule has 1 nitrogen and oxygen atoms in total. The van der Waals surface area contributed by atoms with Crippen LogP contribution in [0.4, 0.5) is 0 Å². The van der Waals surface area contributed by atoms with Crippen molar-refractivity contribution in [3.8, 4) is 22.4 Å². The maximum atomic E-state index is 5.18. The highest BCUT2D eigenvalue weighted by molar-refractivity contribution is 7.26. The smallest absolute Gasteiger partial charge is 0.0788 e. The fraction of sp³-hybridized carbons (Fsp3) is 0. The highest BCUT2D eigenvalue weighted by Crippen LogP contribution is 2.47. The quantitative estimate of drug-likeness (QED) is 0.246. The molecule has 0 aliphatic carbocycles. The van der Waals surface area contributed by atoms with Crippen molar-refractivity contribution in [1.82, 2.24) is 4.98 Å². The van der Waals surface area contributed by atoms with Gasteiger partial charge in [0.25, 0.3) is 0 Å². The first-order valence-corrected chi connectivity index (χ1v) is 12.0. The molecule has 0 N–H and O–H groups in total. The van der Waals surface area contributed by atoms with Crippen molar-refractivity contribution in [3.63, 3.8) is 0 Å². The van der Waals surface area contributed by atoms with Crippen LogP contribution in [0.25, 0.3) is 64.2 Å². The third-order valence-corrected chi connectivity index (χ3v) is 7.64. The molecule has 0 atom stereocenters. The first-order valence-electron chi connectivity index (χ1n) is 11.2. The van der Waals surface area contributed by atoms with Crippen LogP contribution in [0.15, 0.2) is 115 Å². The minimum Gasteiger partial charge on any atom is -0.247 e. The largest absolute Gasteiger partial charge is 0.247 e. The lowest BCUT2D eigenvalue weighted by Crippen LogP contribution is -1.91. The average molecular weight is 438 g/mol. The van der Waals surface area contributed by atoms with Crippen LogP contribution in [0, 0.1) is 0 Å². The Hall–Kier alpha value is -4.01. The molecule has 0 fully saturated rings. The predicted molar refractivity (Wildman–Crippen MR) is 143 cm³/mol. The van der Waals surface area contributed by atoms with Gasteiger partial charge in [0.15, 0.2) is 0 Å². The van der Waals surface area contributed by atoms with Crippen LogP contribution >= 0.6 is 11.3 Å². The van der Waals surface area contributed by atoms with Crippen LogP contribution in [0.1, 0.15) is 0 Å². The van der Waals surface area contributed by atoms with Crippen LogP contribution in [-0.4, -0.2) is 4.98 Å². The maximum Gasteiger partial charge on any atom is 0.0788 e. The van der Waals surface area contributed by atoms with Gasteiger partial charge >= 0.3 is 0 Å². The molecule has 0 saturated heterocycles. The number of rotatable bonds is 2. The van der Waals surface area contributed by atoms with Gasteiger partial charge in [0.05, 0.1) is 11.2 Å². The van der Waals surface area contributed by atoms with Gasteiger partial charge < -0.3 is 0 Å². The van der Waals surface area contributed by atoms with Gasteiger partial charge in [-0.2, -0.15) is 0 Å². The van der Waals surface area contributed by atoms with E-state index in [1.807, 2.05) is 11.3 Å². The monoisotopic (exact) mass is 437 g/mol. The number of benzene rings is 5. The summed E-state index contributed by atoms with van der Waals surface area (Å²) in [5, 5.41) is 6.36. The second-order valence-corrected chi connectivity index (χ2v) is 9.41.